The van der Waals surface area contributed by atoms with Gasteiger partial charge in [-0.2, -0.15) is 0 Å². The molecule has 1 unspecified atom stereocenters. The van der Waals surface area contributed by atoms with Gasteiger partial charge in [0.15, 0.2) is 0 Å². The standard InChI is InChI=1S/C20H24FN3O2/c1-13-6-4-7-14(2)20(13)24-19(26)12-23-18(25)11-22-15(3)16-8-5-9-17(21)10-16/h4-10,15,22H,11-12H2,1-3H3,(H,23,25)(H,24,26). The van der Waals surface area contributed by atoms with Crippen molar-refractivity contribution in [3.63, 3.8) is 0 Å². The minimum absolute atomic E-state index is 0.0361. The molecular formula is C20H24FN3O2. The number of rotatable bonds is 7. The molecule has 1 atom stereocenters. The number of carbonyl (C=O) groups excluding carboxylic acids is 2. The summed E-state index contributed by atoms with van der Waals surface area (Å²) in [6, 6.07) is 11.8. The van der Waals surface area contributed by atoms with Gasteiger partial charge in [-0.3, -0.25) is 9.59 Å². The average Bonchev–Trinajstić information content (AvgIpc) is 2.61. The van der Waals surface area contributed by atoms with E-state index < -0.39 is 0 Å². The minimum Gasteiger partial charge on any atom is -0.346 e. The summed E-state index contributed by atoms with van der Waals surface area (Å²) in [7, 11) is 0. The molecule has 0 heterocycles. The fourth-order valence-electron chi connectivity index (χ4n) is 2.58. The van der Waals surface area contributed by atoms with E-state index in [9.17, 15) is 14.0 Å². The van der Waals surface area contributed by atoms with Crippen LogP contribution in [0.5, 0.6) is 0 Å². The third kappa shape index (κ3) is 5.67. The van der Waals surface area contributed by atoms with Gasteiger partial charge >= 0.3 is 0 Å². The molecule has 5 nitrogen and oxygen atoms in total. The van der Waals surface area contributed by atoms with Gasteiger partial charge < -0.3 is 16.0 Å². The third-order valence-electron chi connectivity index (χ3n) is 4.11. The molecule has 2 aromatic rings. The lowest BCUT2D eigenvalue weighted by Crippen LogP contribution is -2.39. The molecule has 0 aliphatic carbocycles. The summed E-state index contributed by atoms with van der Waals surface area (Å²) in [5.41, 5.74) is 3.46. The molecule has 2 amide bonds. The molecule has 0 saturated carbocycles. The highest BCUT2D eigenvalue weighted by Crippen LogP contribution is 2.19. The number of carbonyl (C=O) groups is 2. The molecule has 6 heteroatoms. The van der Waals surface area contributed by atoms with Gasteiger partial charge in [-0.25, -0.2) is 4.39 Å². The van der Waals surface area contributed by atoms with E-state index in [2.05, 4.69) is 16.0 Å². The zero-order valence-corrected chi connectivity index (χ0v) is 15.2. The lowest BCUT2D eigenvalue weighted by atomic mass is 10.1. The summed E-state index contributed by atoms with van der Waals surface area (Å²) in [5, 5.41) is 8.39. The maximum atomic E-state index is 13.2. The maximum absolute atomic E-state index is 13.2. The van der Waals surface area contributed by atoms with E-state index in [4.69, 9.17) is 0 Å². The van der Waals surface area contributed by atoms with Crippen LogP contribution in [-0.4, -0.2) is 24.9 Å². The average molecular weight is 357 g/mol. The van der Waals surface area contributed by atoms with Crippen LogP contribution in [0.4, 0.5) is 10.1 Å². The number of benzene rings is 2. The van der Waals surface area contributed by atoms with Crippen molar-refractivity contribution < 1.29 is 14.0 Å². The number of nitrogens with one attached hydrogen (secondary N) is 3. The summed E-state index contributed by atoms with van der Waals surface area (Å²) in [6.45, 7) is 5.60. The van der Waals surface area contributed by atoms with Crippen LogP contribution in [0.2, 0.25) is 0 Å². The Morgan fingerprint density at radius 2 is 1.65 bits per heavy atom. The van der Waals surface area contributed by atoms with Crippen molar-refractivity contribution in [1.82, 2.24) is 10.6 Å². The summed E-state index contributed by atoms with van der Waals surface area (Å²) < 4.78 is 13.2. The van der Waals surface area contributed by atoms with Crippen molar-refractivity contribution in [2.45, 2.75) is 26.8 Å². The number of aryl methyl sites for hydroxylation is 2. The monoisotopic (exact) mass is 357 g/mol. The van der Waals surface area contributed by atoms with Gasteiger partial charge in [0.25, 0.3) is 0 Å². The van der Waals surface area contributed by atoms with Gasteiger partial charge in [0.05, 0.1) is 13.1 Å². The van der Waals surface area contributed by atoms with Crippen LogP contribution in [0.25, 0.3) is 0 Å². The fraction of sp³-hybridized carbons (Fsp3) is 0.300. The second kappa shape index (κ2) is 9.10. The van der Waals surface area contributed by atoms with E-state index in [1.54, 1.807) is 12.1 Å². The number of anilines is 1. The molecule has 0 radical (unpaired) electrons. The van der Waals surface area contributed by atoms with Crippen LogP contribution in [-0.2, 0) is 9.59 Å². The van der Waals surface area contributed by atoms with E-state index in [-0.39, 0.29) is 36.8 Å². The first-order chi connectivity index (χ1) is 12.4. The molecular weight excluding hydrogens is 333 g/mol. The quantitative estimate of drug-likeness (QED) is 0.714. The SMILES string of the molecule is Cc1cccc(C)c1NC(=O)CNC(=O)CNC(C)c1cccc(F)c1. The zero-order valence-electron chi connectivity index (χ0n) is 15.2. The zero-order chi connectivity index (χ0) is 19.1. The smallest absolute Gasteiger partial charge is 0.243 e. The predicted octanol–water partition coefficient (Wildman–Crippen LogP) is 2.85. The Balaban J connectivity index is 1.77. The lowest BCUT2D eigenvalue weighted by Gasteiger charge is -2.15. The Morgan fingerprint density at radius 1 is 1.00 bits per heavy atom. The molecule has 26 heavy (non-hydrogen) atoms. The van der Waals surface area contributed by atoms with E-state index >= 15 is 0 Å². The fourth-order valence-corrected chi connectivity index (χ4v) is 2.58. The van der Waals surface area contributed by atoms with Gasteiger partial charge in [0.1, 0.15) is 5.82 Å². The van der Waals surface area contributed by atoms with E-state index in [0.717, 1.165) is 22.4 Å². The first-order valence-electron chi connectivity index (χ1n) is 8.48. The van der Waals surface area contributed by atoms with E-state index in [1.165, 1.54) is 12.1 Å². The third-order valence-corrected chi connectivity index (χ3v) is 4.11. The molecule has 0 saturated heterocycles. The summed E-state index contributed by atoms with van der Waals surface area (Å²) in [6.07, 6.45) is 0. The Labute approximate surface area is 153 Å². The van der Waals surface area contributed by atoms with Gasteiger partial charge in [0.2, 0.25) is 11.8 Å². The largest absolute Gasteiger partial charge is 0.346 e. The second-order valence-corrected chi connectivity index (χ2v) is 6.25. The number of amides is 2. The van der Waals surface area contributed by atoms with Crippen molar-refractivity contribution in [3.05, 3.63) is 65.0 Å². The highest BCUT2D eigenvalue weighted by atomic mass is 19.1. The highest BCUT2D eigenvalue weighted by molar-refractivity contribution is 5.95. The predicted molar refractivity (Wildman–Crippen MR) is 100 cm³/mol. The van der Waals surface area contributed by atoms with Gasteiger partial charge in [0, 0.05) is 11.7 Å². The van der Waals surface area contributed by atoms with E-state index in [1.807, 2.05) is 39.0 Å². The second-order valence-electron chi connectivity index (χ2n) is 6.25. The van der Waals surface area contributed by atoms with Crippen molar-refractivity contribution in [2.24, 2.45) is 0 Å². The van der Waals surface area contributed by atoms with Gasteiger partial charge in [-0.1, -0.05) is 30.3 Å². The molecule has 2 aromatic carbocycles. The van der Waals surface area contributed by atoms with E-state index in [0.29, 0.717) is 0 Å². The Kier molecular flexibility index (Phi) is 6.86. The first kappa shape index (κ1) is 19.6. The molecule has 0 spiro atoms. The van der Waals surface area contributed by atoms with Crippen molar-refractivity contribution in [2.75, 3.05) is 18.4 Å². The number of para-hydroxylation sites is 1. The van der Waals surface area contributed by atoms with Crippen LogP contribution in [0, 0.1) is 19.7 Å². The molecule has 0 fully saturated rings. The maximum Gasteiger partial charge on any atom is 0.243 e. The lowest BCUT2D eigenvalue weighted by molar-refractivity contribution is -0.123. The normalized spacial score (nSPS) is 11.7. The molecule has 0 aromatic heterocycles. The van der Waals surface area contributed by atoms with Crippen molar-refractivity contribution in [3.8, 4) is 0 Å². The van der Waals surface area contributed by atoms with Crippen LogP contribution in [0.3, 0.4) is 0 Å². The molecule has 0 aliphatic rings. The Bertz CT molecular complexity index is 772. The van der Waals surface area contributed by atoms with Crippen LogP contribution in [0.15, 0.2) is 42.5 Å². The number of halogens is 1. The Hall–Kier alpha value is -2.73. The summed E-state index contributed by atoms with van der Waals surface area (Å²) in [4.78, 5) is 23.9. The molecule has 0 aliphatic heterocycles. The van der Waals surface area contributed by atoms with Gasteiger partial charge in [-0.15, -0.1) is 0 Å². The molecule has 138 valence electrons. The van der Waals surface area contributed by atoms with Crippen LogP contribution >= 0.6 is 0 Å². The van der Waals surface area contributed by atoms with Crippen molar-refractivity contribution in [1.29, 1.82) is 0 Å². The summed E-state index contributed by atoms with van der Waals surface area (Å²) >= 11 is 0. The molecule has 2 rings (SSSR count). The molecule has 3 N–H and O–H groups in total. The first-order valence-corrected chi connectivity index (χ1v) is 8.48. The topological polar surface area (TPSA) is 70.2 Å². The number of hydrogen-bond acceptors (Lipinski definition) is 3. The number of hydrogen-bond donors (Lipinski definition) is 3. The molecule has 0 bridgehead atoms. The Morgan fingerprint density at radius 3 is 2.31 bits per heavy atom. The minimum atomic E-state index is -0.316. The van der Waals surface area contributed by atoms with Crippen LogP contribution in [0.1, 0.15) is 29.7 Å². The summed E-state index contributed by atoms with van der Waals surface area (Å²) in [5.74, 6) is -0.900. The van der Waals surface area contributed by atoms with Crippen molar-refractivity contribution >= 4 is 17.5 Å². The van der Waals surface area contributed by atoms with Crippen LogP contribution < -0.4 is 16.0 Å². The van der Waals surface area contributed by atoms with Gasteiger partial charge in [-0.05, 0) is 49.6 Å². The highest BCUT2D eigenvalue weighted by Gasteiger charge is 2.11.